The van der Waals surface area contributed by atoms with Crippen LogP contribution in [0.5, 0.6) is 0 Å². The molecule has 0 saturated carbocycles. The molecule has 0 aromatic carbocycles. The van der Waals surface area contributed by atoms with Crippen molar-refractivity contribution in [3.8, 4) is 0 Å². The molecule has 0 bridgehead atoms. The zero-order valence-corrected chi connectivity index (χ0v) is 34.8. The normalized spacial score (nSPS) is 14.6. The van der Waals surface area contributed by atoms with E-state index in [1.807, 2.05) is 0 Å². The van der Waals surface area contributed by atoms with Crippen molar-refractivity contribution in [1.82, 2.24) is 42.5 Å². The van der Waals surface area contributed by atoms with Crippen LogP contribution in [0.2, 0.25) is 0 Å². The van der Waals surface area contributed by atoms with E-state index < -0.39 is 133 Å². The van der Waals surface area contributed by atoms with Crippen molar-refractivity contribution in [3.63, 3.8) is 0 Å². The predicted molar refractivity (Wildman–Crippen MR) is 209 cm³/mol. The Kier molecular flexibility index (Phi) is 23.6. The average molecular weight is 843 g/mol. The largest absolute Gasteiger partial charge is 0.481 e. The van der Waals surface area contributed by atoms with Crippen LogP contribution < -0.4 is 54.0 Å². The lowest BCUT2D eigenvalue weighted by atomic mass is 9.98. The molecule has 0 aromatic heterocycles. The maximum Gasteiger partial charge on any atom is 0.326 e. The molecule has 7 atom stereocenters. The Morgan fingerprint density at radius 3 is 1.27 bits per heavy atom. The second kappa shape index (κ2) is 26.2. The molecule has 14 N–H and O–H groups in total. The molecule has 9 amide bonds. The van der Waals surface area contributed by atoms with Crippen LogP contribution in [0.1, 0.15) is 87.5 Å². The van der Waals surface area contributed by atoms with Crippen molar-refractivity contribution in [2.45, 2.75) is 130 Å². The highest BCUT2D eigenvalue weighted by atomic mass is 16.4. The van der Waals surface area contributed by atoms with E-state index in [0.29, 0.717) is 0 Å². The molecule has 0 radical (unpaired) electrons. The van der Waals surface area contributed by atoms with E-state index in [1.54, 1.807) is 41.5 Å². The molecule has 0 saturated heterocycles. The zero-order valence-electron chi connectivity index (χ0n) is 34.8. The van der Waals surface area contributed by atoms with Crippen LogP contribution in [0.3, 0.4) is 0 Å². The van der Waals surface area contributed by atoms with Gasteiger partial charge in [0, 0.05) is 0 Å². The maximum atomic E-state index is 13.6. The topological polar surface area (TPSA) is 377 Å². The molecule has 23 heteroatoms. The first-order valence-electron chi connectivity index (χ1n) is 19.1. The van der Waals surface area contributed by atoms with Crippen molar-refractivity contribution >= 4 is 65.1 Å². The molecule has 0 aliphatic carbocycles. The van der Waals surface area contributed by atoms with Gasteiger partial charge in [0.15, 0.2) is 0 Å². The third-order valence-corrected chi connectivity index (χ3v) is 8.20. The van der Waals surface area contributed by atoms with Gasteiger partial charge in [0.05, 0.1) is 25.9 Å². The molecular weight excluding hydrogens is 780 g/mol. The maximum absolute atomic E-state index is 13.6. The molecule has 23 nitrogen and oxygen atoms in total. The highest BCUT2D eigenvalue weighted by Gasteiger charge is 2.33. The Morgan fingerprint density at radius 1 is 0.458 bits per heavy atom. The molecule has 0 unspecified atom stereocenters. The first-order valence-corrected chi connectivity index (χ1v) is 19.1. The molecule has 0 aromatic rings. The molecule has 0 rings (SSSR count). The molecular formula is C36H62N10O13. The van der Waals surface area contributed by atoms with Crippen LogP contribution in [0.4, 0.5) is 0 Å². The third-order valence-electron chi connectivity index (χ3n) is 8.20. The summed E-state index contributed by atoms with van der Waals surface area (Å²) < 4.78 is 0. The number of nitrogens with one attached hydrogen (secondary N) is 8. The fraction of sp³-hybridized carbons (Fsp3) is 0.694. The van der Waals surface area contributed by atoms with Gasteiger partial charge in [-0.3, -0.25) is 47.9 Å². The quantitative estimate of drug-likeness (QED) is 0.0376. The molecule has 0 spiro atoms. The van der Waals surface area contributed by atoms with E-state index in [0.717, 1.165) is 0 Å². The first-order chi connectivity index (χ1) is 27.3. The van der Waals surface area contributed by atoms with Crippen LogP contribution >= 0.6 is 0 Å². The van der Waals surface area contributed by atoms with E-state index in [9.17, 15) is 57.8 Å². The fourth-order valence-electron chi connectivity index (χ4n) is 5.32. The van der Waals surface area contributed by atoms with Gasteiger partial charge in [-0.2, -0.15) is 0 Å². The Labute approximate surface area is 342 Å². The lowest BCUT2D eigenvalue weighted by Gasteiger charge is -2.28. The number of carboxylic acids is 2. The number of carboxylic acid groups (broad SMARTS) is 2. The van der Waals surface area contributed by atoms with E-state index in [2.05, 4.69) is 42.5 Å². The summed E-state index contributed by atoms with van der Waals surface area (Å²) in [6.45, 7) is 11.9. The number of hydrogen-bond donors (Lipinski definition) is 12. The summed E-state index contributed by atoms with van der Waals surface area (Å²) in [5.74, 6) is -11.2. The Hall–Kier alpha value is -5.87. The van der Waals surface area contributed by atoms with Crippen molar-refractivity contribution < 1.29 is 63.0 Å². The monoisotopic (exact) mass is 842 g/mol. The molecule has 334 valence electrons. The van der Waals surface area contributed by atoms with Gasteiger partial charge in [0.2, 0.25) is 53.2 Å². The van der Waals surface area contributed by atoms with Crippen LogP contribution in [-0.4, -0.2) is 131 Å². The summed E-state index contributed by atoms with van der Waals surface area (Å²) in [4.78, 5) is 137. The number of amides is 9. The standard InChI is InChI=1S/C36H62N10O13/c1-16(2)9-21(33(55)44-22(10-17(3)4)34(56)46-25(36(58)59)11-18(5)6)45-35(57)23(12-26(38)47)43-31(53)20(8)40-28(49)15-39-30(52)19(7)41-32(54)24(13-29(50)51)42-27(48)14-37/h16-25H,9-15,37H2,1-8H3,(H2,38,47)(H,39,52)(H,40,49)(H,41,54)(H,42,48)(H,43,53)(H,44,55)(H,45,57)(H,46,56)(H,50,51)(H,58,59)/t19-,20-,21-,22-,23-,24-,25-/m0/s1. The van der Waals surface area contributed by atoms with Gasteiger partial charge in [-0.1, -0.05) is 41.5 Å². The first kappa shape index (κ1) is 53.1. The minimum atomic E-state index is -1.63. The molecule has 59 heavy (non-hydrogen) atoms. The predicted octanol–water partition coefficient (Wildman–Crippen LogP) is -3.93. The van der Waals surface area contributed by atoms with Crippen LogP contribution in [0, 0.1) is 17.8 Å². The van der Waals surface area contributed by atoms with Crippen LogP contribution in [0.15, 0.2) is 0 Å². The summed E-state index contributed by atoms with van der Waals surface area (Å²) in [6, 6.07) is -9.52. The summed E-state index contributed by atoms with van der Waals surface area (Å²) in [6.07, 6.45) is -1.21. The van der Waals surface area contributed by atoms with E-state index in [4.69, 9.17) is 16.6 Å². The van der Waals surface area contributed by atoms with Crippen molar-refractivity contribution in [1.29, 1.82) is 0 Å². The van der Waals surface area contributed by atoms with Gasteiger partial charge < -0.3 is 64.2 Å². The summed E-state index contributed by atoms with van der Waals surface area (Å²) in [7, 11) is 0. The number of carbonyl (C=O) groups excluding carboxylic acids is 9. The number of carbonyl (C=O) groups is 11. The van der Waals surface area contributed by atoms with E-state index >= 15 is 0 Å². The summed E-state index contributed by atoms with van der Waals surface area (Å²) in [5, 5.41) is 37.3. The van der Waals surface area contributed by atoms with Crippen LogP contribution in [-0.2, 0) is 52.7 Å². The molecule has 0 aliphatic heterocycles. The number of primary amides is 1. The molecule has 0 aliphatic rings. The van der Waals surface area contributed by atoms with Gasteiger partial charge in [-0.25, -0.2) is 4.79 Å². The third kappa shape index (κ3) is 22.0. The molecule has 0 heterocycles. The van der Waals surface area contributed by atoms with Crippen molar-refractivity contribution in [2.24, 2.45) is 29.2 Å². The SMILES string of the molecule is CC(C)C[C@H](NC(=O)[C@H](CC(C)C)NC(=O)[C@H](CC(C)C)NC(=O)[C@H](CC(N)=O)NC(=O)[C@H](C)NC(=O)CNC(=O)[C@H](C)NC(=O)[C@H](CC(=O)O)NC(=O)CN)C(=O)O. The second-order valence-corrected chi connectivity index (χ2v) is 15.3. The van der Waals surface area contributed by atoms with Crippen molar-refractivity contribution in [3.05, 3.63) is 0 Å². The number of aliphatic carboxylic acids is 2. The van der Waals surface area contributed by atoms with Gasteiger partial charge >= 0.3 is 11.9 Å². The fourth-order valence-corrected chi connectivity index (χ4v) is 5.32. The second-order valence-electron chi connectivity index (χ2n) is 15.3. The lowest BCUT2D eigenvalue weighted by molar-refractivity contribution is -0.143. The highest BCUT2D eigenvalue weighted by molar-refractivity contribution is 5.98. The number of nitrogens with two attached hydrogens (primary N) is 2. The van der Waals surface area contributed by atoms with E-state index in [-0.39, 0.29) is 37.0 Å². The minimum Gasteiger partial charge on any atom is -0.481 e. The molecule has 0 fully saturated rings. The average Bonchev–Trinajstić information content (AvgIpc) is 3.10. The lowest BCUT2D eigenvalue weighted by Crippen LogP contribution is -2.59. The minimum absolute atomic E-state index is 0.0458. The van der Waals surface area contributed by atoms with Gasteiger partial charge in [0.1, 0.15) is 42.3 Å². The zero-order chi connectivity index (χ0) is 45.7. The number of hydrogen-bond acceptors (Lipinski definition) is 12. The Bertz CT molecular complexity index is 1540. The number of rotatable bonds is 27. The summed E-state index contributed by atoms with van der Waals surface area (Å²) in [5.41, 5.74) is 10.5. The van der Waals surface area contributed by atoms with Crippen LogP contribution in [0.25, 0.3) is 0 Å². The Balaban J connectivity index is 5.71. The van der Waals surface area contributed by atoms with E-state index in [1.165, 1.54) is 13.8 Å². The smallest absolute Gasteiger partial charge is 0.326 e. The van der Waals surface area contributed by atoms with Gasteiger partial charge in [-0.05, 0) is 50.9 Å². The summed E-state index contributed by atoms with van der Waals surface area (Å²) >= 11 is 0. The van der Waals surface area contributed by atoms with Gasteiger partial charge in [-0.15, -0.1) is 0 Å². The van der Waals surface area contributed by atoms with Crippen molar-refractivity contribution in [2.75, 3.05) is 13.1 Å². The highest BCUT2D eigenvalue weighted by Crippen LogP contribution is 2.11. The Morgan fingerprint density at radius 2 is 0.847 bits per heavy atom. The van der Waals surface area contributed by atoms with Gasteiger partial charge in [0.25, 0.3) is 0 Å².